The predicted octanol–water partition coefficient (Wildman–Crippen LogP) is 3.82. The first-order valence-electron chi connectivity index (χ1n) is 7.10. The first-order valence-corrected chi connectivity index (χ1v) is 7.48. The summed E-state index contributed by atoms with van der Waals surface area (Å²) in [5, 5.41) is 0.176. The van der Waals surface area contributed by atoms with Crippen molar-refractivity contribution >= 4 is 11.6 Å². The Kier molecular flexibility index (Phi) is 5.61. The predicted molar refractivity (Wildman–Crippen MR) is 77.4 cm³/mol. The van der Waals surface area contributed by atoms with Crippen molar-refractivity contribution in [1.29, 1.82) is 0 Å². The minimum Gasteiger partial charge on any atom is -0.271 e. The molecule has 0 aliphatic heterocycles. The van der Waals surface area contributed by atoms with Crippen LogP contribution in [-0.2, 0) is 6.42 Å². The SMILES string of the molecule is NNC(Cc1ccc(Cl)c(F)c1)C1CCCCCC1. The molecule has 1 unspecified atom stereocenters. The van der Waals surface area contributed by atoms with Crippen molar-refractivity contribution in [2.75, 3.05) is 0 Å². The van der Waals surface area contributed by atoms with E-state index in [0.29, 0.717) is 5.92 Å². The Balaban J connectivity index is 2.02. The molecule has 1 aromatic rings. The molecule has 0 amide bonds. The van der Waals surface area contributed by atoms with Crippen LogP contribution in [0.4, 0.5) is 4.39 Å². The van der Waals surface area contributed by atoms with Crippen LogP contribution in [0.5, 0.6) is 0 Å². The molecule has 4 heteroatoms. The van der Waals surface area contributed by atoms with Gasteiger partial charge in [-0.25, -0.2) is 4.39 Å². The molecule has 0 radical (unpaired) electrons. The topological polar surface area (TPSA) is 38.0 Å². The molecule has 3 N–H and O–H groups in total. The van der Waals surface area contributed by atoms with Crippen molar-refractivity contribution in [3.63, 3.8) is 0 Å². The van der Waals surface area contributed by atoms with E-state index in [4.69, 9.17) is 17.4 Å². The maximum Gasteiger partial charge on any atom is 0.142 e. The van der Waals surface area contributed by atoms with Gasteiger partial charge in [0.2, 0.25) is 0 Å². The van der Waals surface area contributed by atoms with E-state index < -0.39 is 0 Å². The second-order valence-electron chi connectivity index (χ2n) is 5.48. The second kappa shape index (κ2) is 7.22. The standard InChI is InChI=1S/C15H22ClFN2/c16-13-8-7-11(9-14(13)17)10-15(19-18)12-5-3-1-2-4-6-12/h7-9,12,15,19H,1-6,10,18H2. The fraction of sp³-hybridized carbons (Fsp3) is 0.600. The van der Waals surface area contributed by atoms with Crippen LogP contribution in [0.2, 0.25) is 5.02 Å². The third-order valence-corrected chi connectivity index (χ3v) is 4.43. The highest BCUT2D eigenvalue weighted by atomic mass is 35.5. The molecule has 1 aromatic carbocycles. The molecular formula is C15H22ClFN2. The van der Waals surface area contributed by atoms with Crippen molar-refractivity contribution in [2.24, 2.45) is 11.8 Å². The molecule has 0 saturated heterocycles. The maximum atomic E-state index is 13.5. The molecule has 0 heterocycles. The van der Waals surface area contributed by atoms with E-state index in [1.807, 2.05) is 6.07 Å². The van der Waals surface area contributed by atoms with Gasteiger partial charge < -0.3 is 0 Å². The third-order valence-electron chi connectivity index (χ3n) is 4.12. The molecule has 2 nitrogen and oxygen atoms in total. The Morgan fingerprint density at radius 1 is 1.26 bits per heavy atom. The highest BCUT2D eigenvalue weighted by Gasteiger charge is 2.22. The minimum absolute atomic E-state index is 0.176. The zero-order valence-electron chi connectivity index (χ0n) is 11.2. The summed E-state index contributed by atoms with van der Waals surface area (Å²) in [6.07, 6.45) is 8.38. The van der Waals surface area contributed by atoms with Crippen LogP contribution in [0, 0.1) is 11.7 Å². The lowest BCUT2D eigenvalue weighted by Gasteiger charge is -2.25. The first-order chi connectivity index (χ1) is 9.20. The molecule has 0 aromatic heterocycles. The summed E-state index contributed by atoms with van der Waals surface area (Å²) >= 11 is 5.71. The third kappa shape index (κ3) is 4.16. The van der Waals surface area contributed by atoms with E-state index in [0.717, 1.165) is 12.0 Å². The van der Waals surface area contributed by atoms with Gasteiger partial charge in [-0.05, 0) is 42.9 Å². The van der Waals surface area contributed by atoms with Crippen molar-refractivity contribution in [2.45, 2.75) is 51.0 Å². The van der Waals surface area contributed by atoms with E-state index in [1.165, 1.54) is 44.6 Å². The summed E-state index contributed by atoms with van der Waals surface area (Å²) in [6, 6.07) is 5.24. The number of hydrogen-bond acceptors (Lipinski definition) is 2. The quantitative estimate of drug-likeness (QED) is 0.501. The van der Waals surface area contributed by atoms with Crippen LogP contribution in [0.15, 0.2) is 18.2 Å². The maximum absolute atomic E-state index is 13.5. The number of benzene rings is 1. The van der Waals surface area contributed by atoms with Gasteiger partial charge in [0.05, 0.1) is 5.02 Å². The molecule has 1 aliphatic carbocycles. The lowest BCUT2D eigenvalue weighted by Crippen LogP contribution is -2.42. The Labute approximate surface area is 119 Å². The Hall–Kier alpha value is -0.640. The van der Waals surface area contributed by atoms with Gasteiger partial charge in [0.15, 0.2) is 0 Å². The van der Waals surface area contributed by atoms with Crippen LogP contribution in [0.1, 0.15) is 44.1 Å². The number of hydrazine groups is 1. The number of nitrogens with one attached hydrogen (secondary N) is 1. The largest absolute Gasteiger partial charge is 0.271 e. The summed E-state index contributed by atoms with van der Waals surface area (Å²) in [6.45, 7) is 0. The molecule has 106 valence electrons. The van der Waals surface area contributed by atoms with E-state index in [9.17, 15) is 4.39 Å². The molecule has 2 rings (SSSR count). The highest BCUT2D eigenvalue weighted by Crippen LogP contribution is 2.27. The van der Waals surface area contributed by atoms with Crippen molar-refractivity contribution in [3.05, 3.63) is 34.6 Å². The molecule has 1 saturated carbocycles. The molecule has 1 aliphatic rings. The zero-order valence-corrected chi connectivity index (χ0v) is 11.9. The average molecular weight is 285 g/mol. The second-order valence-corrected chi connectivity index (χ2v) is 5.88. The van der Waals surface area contributed by atoms with Crippen LogP contribution < -0.4 is 11.3 Å². The van der Waals surface area contributed by atoms with Crippen molar-refractivity contribution in [3.8, 4) is 0 Å². The highest BCUT2D eigenvalue weighted by molar-refractivity contribution is 6.30. The Morgan fingerprint density at radius 3 is 2.53 bits per heavy atom. The normalized spacial score (nSPS) is 19.1. The van der Waals surface area contributed by atoms with E-state index in [-0.39, 0.29) is 16.9 Å². The molecule has 1 fully saturated rings. The van der Waals surface area contributed by atoms with Gasteiger partial charge in [0.25, 0.3) is 0 Å². The number of halogens is 2. The number of rotatable bonds is 4. The lowest BCUT2D eigenvalue weighted by atomic mass is 9.88. The number of hydrogen-bond donors (Lipinski definition) is 2. The van der Waals surface area contributed by atoms with E-state index in [2.05, 4.69) is 5.43 Å². The molecule has 19 heavy (non-hydrogen) atoms. The Bertz CT molecular complexity index is 403. The monoisotopic (exact) mass is 284 g/mol. The van der Waals surface area contributed by atoms with Crippen molar-refractivity contribution in [1.82, 2.24) is 5.43 Å². The van der Waals surface area contributed by atoms with E-state index >= 15 is 0 Å². The van der Waals surface area contributed by atoms with Gasteiger partial charge in [-0.15, -0.1) is 0 Å². The van der Waals surface area contributed by atoms with Crippen LogP contribution in [0.3, 0.4) is 0 Å². The summed E-state index contributed by atoms with van der Waals surface area (Å²) < 4.78 is 13.5. The van der Waals surface area contributed by atoms with Gasteiger partial charge >= 0.3 is 0 Å². The van der Waals surface area contributed by atoms with Gasteiger partial charge in [0, 0.05) is 6.04 Å². The average Bonchev–Trinajstić information content (AvgIpc) is 2.69. The van der Waals surface area contributed by atoms with Gasteiger partial charge in [-0.2, -0.15) is 0 Å². The number of nitrogens with two attached hydrogens (primary N) is 1. The molecule has 1 atom stereocenters. The van der Waals surface area contributed by atoms with Gasteiger partial charge in [0.1, 0.15) is 5.82 Å². The molecular weight excluding hydrogens is 263 g/mol. The van der Waals surface area contributed by atoms with Crippen LogP contribution >= 0.6 is 11.6 Å². The first kappa shape index (κ1) is 14.8. The fourth-order valence-electron chi connectivity index (χ4n) is 3.00. The van der Waals surface area contributed by atoms with Gasteiger partial charge in [-0.1, -0.05) is 43.4 Å². The molecule has 0 spiro atoms. The van der Waals surface area contributed by atoms with Crippen molar-refractivity contribution < 1.29 is 4.39 Å². The minimum atomic E-state index is -0.351. The molecule has 0 bridgehead atoms. The summed E-state index contributed by atoms with van der Waals surface area (Å²) in [7, 11) is 0. The summed E-state index contributed by atoms with van der Waals surface area (Å²) in [5.41, 5.74) is 3.88. The fourth-order valence-corrected chi connectivity index (χ4v) is 3.11. The zero-order chi connectivity index (χ0) is 13.7. The van der Waals surface area contributed by atoms with Crippen LogP contribution in [-0.4, -0.2) is 6.04 Å². The lowest BCUT2D eigenvalue weighted by molar-refractivity contribution is 0.320. The van der Waals surface area contributed by atoms with Crippen LogP contribution in [0.25, 0.3) is 0 Å². The van der Waals surface area contributed by atoms with E-state index in [1.54, 1.807) is 6.07 Å². The Morgan fingerprint density at radius 2 is 1.95 bits per heavy atom. The summed E-state index contributed by atoms with van der Waals surface area (Å²) in [4.78, 5) is 0. The van der Waals surface area contributed by atoms with Gasteiger partial charge in [-0.3, -0.25) is 11.3 Å². The summed E-state index contributed by atoms with van der Waals surface area (Å²) in [5.74, 6) is 5.94. The smallest absolute Gasteiger partial charge is 0.142 e.